The van der Waals surface area contributed by atoms with E-state index < -0.39 is 0 Å². The Balaban J connectivity index is 2.26. The summed E-state index contributed by atoms with van der Waals surface area (Å²) in [4.78, 5) is 2.62. The third-order valence-electron chi connectivity index (χ3n) is 3.16. The maximum absolute atomic E-state index is 4.21. The summed E-state index contributed by atoms with van der Waals surface area (Å²) in [5.74, 6) is 0. The maximum Gasteiger partial charge on any atom is 0.0205 e. The monoisotopic (exact) mass is 238 g/mol. The summed E-state index contributed by atoms with van der Waals surface area (Å²) in [6.45, 7) is 16.4. The Labute approximate surface area is 107 Å². The standard InChI is InChI=1S/C15H30N2/c1-6-7-10-17(14-8-9-14)12-13(2)11-16-15(3,4)5/h14,16H,2,6-12H2,1,3-5H3. The summed E-state index contributed by atoms with van der Waals surface area (Å²) in [6, 6.07) is 0.855. The molecule has 0 aromatic carbocycles. The second-order valence-electron chi connectivity index (χ2n) is 6.41. The van der Waals surface area contributed by atoms with Crippen molar-refractivity contribution in [3.8, 4) is 0 Å². The molecule has 0 aromatic heterocycles. The molecular formula is C15H30N2. The van der Waals surface area contributed by atoms with Crippen LogP contribution in [0.25, 0.3) is 0 Å². The van der Waals surface area contributed by atoms with Gasteiger partial charge >= 0.3 is 0 Å². The van der Waals surface area contributed by atoms with Gasteiger partial charge in [-0.1, -0.05) is 19.9 Å². The van der Waals surface area contributed by atoms with Crippen molar-refractivity contribution in [2.75, 3.05) is 19.6 Å². The first-order chi connectivity index (χ1) is 7.92. The second-order valence-corrected chi connectivity index (χ2v) is 6.41. The highest BCUT2D eigenvalue weighted by molar-refractivity contribution is 5.03. The highest BCUT2D eigenvalue weighted by atomic mass is 15.2. The molecule has 100 valence electrons. The highest BCUT2D eigenvalue weighted by Crippen LogP contribution is 2.27. The number of nitrogens with one attached hydrogen (secondary N) is 1. The van der Waals surface area contributed by atoms with Crippen LogP contribution in [0.2, 0.25) is 0 Å². The first-order valence-electron chi connectivity index (χ1n) is 7.08. The molecule has 0 spiro atoms. The summed E-state index contributed by atoms with van der Waals surface area (Å²) in [5, 5.41) is 3.52. The fourth-order valence-corrected chi connectivity index (χ4v) is 1.92. The molecule has 0 bridgehead atoms. The third kappa shape index (κ3) is 6.85. The second kappa shape index (κ2) is 6.55. The van der Waals surface area contributed by atoms with Gasteiger partial charge in [0.05, 0.1) is 0 Å². The quantitative estimate of drug-likeness (QED) is 0.653. The van der Waals surface area contributed by atoms with E-state index in [2.05, 4.69) is 44.5 Å². The molecule has 0 aliphatic heterocycles. The van der Waals surface area contributed by atoms with Crippen LogP contribution in [0.5, 0.6) is 0 Å². The lowest BCUT2D eigenvalue weighted by Gasteiger charge is -2.26. The lowest BCUT2D eigenvalue weighted by Crippen LogP contribution is -2.39. The van der Waals surface area contributed by atoms with E-state index in [1.807, 2.05) is 0 Å². The summed E-state index contributed by atoms with van der Waals surface area (Å²) in [7, 11) is 0. The van der Waals surface area contributed by atoms with Gasteiger partial charge in [-0.15, -0.1) is 0 Å². The van der Waals surface area contributed by atoms with E-state index in [-0.39, 0.29) is 5.54 Å². The molecule has 1 aliphatic rings. The minimum Gasteiger partial charge on any atom is -0.308 e. The van der Waals surface area contributed by atoms with Gasteiger partial charge in [-0.05, 0) is 52.2 Å². The van der Waals surface area contributed by atoms with Crippen molar-refractivity contribution < 1.29 is 0 Å². The molecule has 2 heteroatoms. The molecule has 17 heavy (non-hydrogen) atoms. The Kier molecular flexibility index (Phi) is 5.68. The van der Waals surface area contributed by atoms with Gasteiger partial charge in [0.2, 0.25) is 0 Å². The Bertz CT molecular complexity index is 236. The van der Waals surface area contributed by atoms with Crippen molar-refractivity contribution in [2.45, 2.75) is 65.0 Å². The van der Waals surface area contributed by atoms with Crippen LogP contribution in [0, 0.1) is 0 Å². The largest absolute Gasteiger partial charge is 0.308 e. The van der Waals surface area contributed by atoms with Crippen LogP contribution in [-0.2, 0) is 0 Å². The molecule has 0 unspecified atom stereocenters. The zero-order chi connectivity index (χ0) is 12.9. The molecule has 0 aromatic rings. The van der Waals surface area contributed by atoms with Gasteiger partial charge in [-0.3, -0.25) is 4.90 Å². The highest BCUT2D eigenvalue weighted by Gasteiger charge is 2.28. The fourth-order valence-electron chi connectivity index (χ4n) is 1.92. The number of unbranched alkanes of at least 4 members (excludes halogenated alkanes) is 1. The van der Waals surface area contributed by atoms with E-state index in [9.17, 15) is 0 Å². The zero-order valence-electron chi connectivity index (χ0n) is 12.2. The topological polar surface area (TPSA) is 15.3 Å². The molecule has 0 amide bonds. The number of nitrogens with zero attached hydrogens (tertiary/aromatic N) is 1. The van der Waals surface area contributed by atoms with Crippen LogP contribution in [0.4, 0.5) is 0 Å². The molecule has 0 atom stereocenters. The summed E-state index contributed by atoms with van der Waals surface area (Å²) >= 11 is 0. The molecule has 2 nitrogen and oxygen atoms in total. The van der Waals surface area contributed by atoms with Crippen molar-refractivity contribution in [2.24, 2.45) is 0 Å². The van der Waals surface area contributed by atoms with Gasteiger partial charge in [0.15, 0.2) is 0 Å². The van der Waals surface area contributed by atoms with Crippen molar-refractivity contribution in [1.82, 2.24) is 10.2 Å². The van der Waals surface area contributed by atoms with E-state index in [0.29, 0.717) is 0 Å². The minimum absolute atomic E-state index is 0.191. The molecule has 1 N–H and O–H groups in total. The van der Waals surface area contributed by atoms with Gasteiger partial charge in [-0.25, -0.2) is 0 Å². The fraction of sp³-hybridized carbons (Fsp3) is 0.867. The number of hydrogen-bond acceptors (Lipinski definition) is 2. The van der Waals surface area contributed by atoms with Crippen LogP contribution >= 0.6 is 0 Å². The predicted molar refractivity (Wildman–Crippen MR) is 76.4 cm³/mol. The molecule has 1 rings (SSSR count). The molecule has 1 aliphatic carbocycles. The molecule has 1 saturated carbocycles. The van der Waals surface area contributed by atoms with E-state index in [4.69, 9.17) is 0 Å². The van der Waals surface area contributed by atoms with Crippen LogP contribution in [0.15, 0.2) is 12.2 Å². The molecule has 1 fully saturated rings. The van der Waals surface area contributed by atoms with Crippen molar-refractivity contribution in [3.63, 3.8) is 0 Å². The van der Waals surface area contributed by atoms with Crippen LogP contribution in [-0.4, -0.2) is 36.1 Å². The van der Waals surface area contributed by atoms with Crippen LogP contribution in [0.3, 0.4) is 0 Å². The smallest absolute Gasteiger partial charge is 0.0205 e. The van der Waals surface area contributed by atoms with Crippen LogP contribution < -0.4 is 5.32 Å². The van der Waals surface area contributed by atoms with E-state index in [1.54, 1.807) is 0 Å². The molecule has 0 heterocycles. The van der Waals surface area contributed by atoms with Crippen molar-refractivity contribution in [1.29, 1.82) is 0 Å². The third-order valence-corrected chi connectivity index (χ3v) is 3.16. The summed E-state index contributed by atoms with van der Waals surface area (Å²) in [5.41, 5.74) is 1.51. The molecule has 0 radical (unpaired) electrons. The predicted octanol–water partition coefficient (Wildman–Crippen LogP) is 3.20. The average molecular weight is 238 g/mol. The number of rotatable bonds is 8. The van der Waals surface area contributed by atoms with Crippen molar-refractivity contribution in [3.05, 3.63) is 12.2 Å². The van der Waals surface area contributed by atoms with Gasteiger partial charge < -0.3 is 5.32 Å². The minimum atomic E-state index is 0.191. The first-order valence-corrected chi connectivity index (χ1v) is 7.08. The van der Waals surface area contributed by atoms with E-state index in [0.717, 1.165) is 19.1 Å². The van der Waals surface area contributed by atoms with E-state index >= 15 is 0 Å². The molecular weight excluding hydrogens is 208 g/mol. The summed E-state index contributed by atoms with van der Waals surface area (Å²) in [6.07, 6.45) is 5.39. The first kappa shape index (κ1) is 14.7. The zero-order valence-corrected chi connectivity index (χ0v) is 12.2. The van der Waals surface area contributed by atoms with Gasteiger partial charge in [0.25, 0.3) is 0 Å². The SMILES string of the molecule is C=C(CNC(C)(C)C)CN(CCCC)C1CC1. The maximum atomic E-state index is 4.21. The Morgan fingerprint density at radius 1 is 1.35 bits per heavy atom. The summed E-state index contributed by atoms with van der Waals surface area (Å²) < 4.78 is 0. The Morgan fingerprint density at radius 2 is 2.00 bits per heavy atom. The van der Waals surface area contributed by atoms with Crippen molar-refractivity contribution >= 4 is 0 Å². The average Bonchev–Trinajstić information content (AvgIpc) is 3.04. The Morgan fingerprint density at radius 3 is 2.47 bits per heavy atom. The normalized spacial score (nSPS) is 16.5. The molecule has 0 saturated heterocycles. The Hall–Kier alpha value is -0.340. The lowest BCUT2D eigenvalue weighted by atomic mass is 10.1. The van der Waals surface area contributed by atoms with Crippen LogP contribution in [0.1, 0.15) is 53.4 Å². The van der Waals surface area contributed by atoms with Gasteiger partial charge in [0, 0.05) is 24.7 Å². The lowest BCUT2D eigenvalue weighted by molar-refractivity contribution is 0.277. The van der Waals surface area contributed by atoms with Gasteiger partial charge in [0.1, 0.15) is 0 Å². The number of hydrogen-bond donors (Lipinski definition) is 1. The van der Waals surface area contributed by atoms with Gasteiger partial charge in [-0.2, -0.15) is 0 Å². The van der Waals surface area contributed by atoms with E-state index in [1.165, 1.54) is 37.8 Å².